The Balaban J connectivity index is 1.96. The van der Waals surface area contributed by atoms with Crippen LogP contribution in [0.3, 0.4) is 0 Å². The molecular formula is C17H12N2O5. The molecule has 3 heterocycles. The van der Waals surface area contributed by atoms with Gasteiger partial charge in [0.15, 0.2) is 11.5 Å². The van der Waals surface area contributed by atoms with Crippen LogP contribution in [0.15, 0.2) is 44.9 Å². The smallest absolute Gasteiger partial charge is 0.343 e. The zero-order valence-corrected chi connectivity index (χ0v) is 12.7. The van der Waals surface area contributed by atoms with Crippen molar-refractivity contribution in [2.75, 3.05) is 6.79 Å². The lowest BCUT2D eigenvalue weighted by Crippen LogP contribution is -2.26. The van der Waals surface area contributed by atoms with Crippen LogP contribution < -0.4 is 25.6 Å². The molecule has 0 radical (unpaired) electrons. The highest BCUT2D eigenvalue weighted by Gasteiger charge is 2.35. The summed E-state index contributed by atoms with van der Waals surface area (Å²) >= 11 is 0. The fraction of sp³-hybridized carbons (Fsp3) is 0.176. The molecule has 0 spiro atoms. The summed E-state index contributed by atoms with van der Waals surface area (Å²) in [6, 6.07) is 8.83. The standard InChI is InChI=1S/C17H12N2O5/c1-8-4-13-15(17(20)23-8)14(10(6-18)16(19)24-13)9-2-3-11-12(5-9)22-7-21-11/h2-5,14H,7,19H2,1H3/t14-/m1/s1. The molecule has 0 fully saturated rings. The maximum atomic E-state index is 12.4. The van der Waals surface area contributed by atoms with Gasteiger partial charge < -0.3 is 24.4 Å². The van der Waals surface area contributed by atoms with Gasteiger partial charge in [0, 0.05) is 6.07 Å². The van der Waals surface area contributed by atoms with E-state index in [1.54, 1.807) is 31.2 Å². The summed E-state index contributed by atoms with van der Waals surface area (Å²) < 4.78 is 21.3. The van der Waals surface area contributed by atoms with Crippen LogP contribution in [0.5, 0.6) is 17.2 Å². The fourth-order valence-electron chi connectivity index (χ4n) is 2.94. The summed E-state index contributed by atoms with van der Waals surface area (Å²) in [7, 11) is 0. The zero-order valence-electron chi connectivity index (χ0n) is 12.7. The summed E-state index contributed by atoms with van der Waals surface area (Å²) in [6.07, 6.45) is 0. The van der Waals surface area contributed by atoms with Gasteiger partial charge in [0.05, 0.1) is 11.5 Å². The molecule has 2 aliphatic heterocycles. The third-order valence-electron chi connectivity index (χ3n) is 3.99. The van der Waals surface area contributed by atoms with Crippen LogP contribution in [0.25, 0.3) is 0 Å². The van der Waals surface area contributed by atoms with Gasteiger partial charge in [-0.05, 0) is 24.6 Å². The van der Waals surface area contributed by atoms with Crippen LogP contribution in [0, 0.1) is 18.3 Å². The minimum absolute atomic E-state index is 0.0299. The molecule has 0 saturated heterocycles. The molecule has 0 unspecified atom stereocenters. The summed E-state index contributed by atoms with van der Waals surface area (Å²) in [5, 5.41) is 9.50. The monoisotopic (exact) mass is 324 g/mol. The van der Waals surface area contributed by atoms with E-state index < -0.39 is 11.5 Å². The van der Waals surface area contributed by atoms with E-state index >= 15 is 0 Å². The van der Waals surface area contributed by atoms with Crippen LogP contribution >= 0.6 is 0 Å². The molecular weight excluding hydrogens is 312 g/mol. The van der Waals surface area contributed by atoms with Gasteiger partial charge in [-0.3, -0.25) is 0 Å². The van der Waals surface area contributed by atoms with E-state index in [0.29, 0.717) is 28.6 Å². The first-order valence-corrected chi connectivity index (χ1v) is 7.20. The van der Waals surface area contributed by atoms with E-state index in [9.17, 15) is 10.1 Å². The Morgan fingerprint density at radius 2 is 2.00 bits per heavy atom. The molecule has 7 heteroatoms. The van der Waals surface area contributed by atoms with Gasteiger partial charge in [-0.2, -0.15) is 5.26 Å². The highest BCUT2D eigenvalue weighted by atomic mass is 16.7. The van der Waals surface area contributed by atoms with Gasteiger partial charge in [-0.15, -0.1) is 0 Å². The highest BCUT2D eigenvalue weighted by molar-refractivity contribution is 5.57. The molecule has 0 amide bonds. The van der Waals surface area contributed by atoms with Gasteiger partial charge in [0.2, 0.25) is 12.7 Å². The number of rotatable bonds is 1. The maximum absolute atomic E-state index is 12.4. The van der Waals surface area contributed by atoms with Gasteiger partial charge in [0.1, 0.15) is 23.2 Å². The summed E-state index contributed by atoms with van der Waals surface area (Å²) in [5.74, 6) is 1.13. The molecule has 1 aromatic carbocycles. The normalized spacial score (nSPS) is 17.9. The lowest BCUT2D eigenvalue weighted by molar-refractivity contribution is 0.174. The van der Waals surface area contributed by atoms with Crippen LogP contribution in [0.1, 0.15) is 22.8 Å². The van der Waals surface area contributed by atoms with Crippen molar-refractivity contribution in [3.63, 3.8) is 0 Å². The number of nitrogens with two attached hydrogens (primary N) is 1. The van der Waals surface area contributed by atoms with Crippen molar-refractivity contribution < 1.29 is 18.6 Å². The first-order valence-electron chi connectivity index (χ1n) is 7.20. The molecule has 0 aliphatic carbocycles. The topological polar surface area (TPSA) is 108 Å². The summed E-state index contributed by atoms with van der Waals surface area (Å²) in [5.41, 5.74) is 6.39. The number of aryl methyl sites for hydroxylation is 1. The average molecular weight is 324 g/mol. The Kier molecular flexibility index (Phi) is 3.00. The third-order valence-corrected chi connectivity index (χ3v) is 3.99. The van der Waals surface area contributed by atoms with Crippen molar-refractivity contribution in [1.82, 2.24) is 0 Å². The van der Waals surface area contributed by atoms with Crippen LogP contribution in [-0.4, -0.2) is 6.79 Å². The van der Waals surface area contributed by atoms with Crippen LogP contribution in [0.4, 0.5) is 0 Å². The van der Waals surface area contributed by atoms with Crippen LogP contribution in [-0.2, 0) is 0 Å². The van der Waals surface area contributed by atoms with Crippen molar-refractivity contribution in [2.45, 2.75) is 12.8 Å². The van der Waals surface area contributed by atoms with Gasteiger partial charge in [0.25, 0.3) is 0 Å². The number of nitrogens with zero attached hydrogens (tertiary/aromatic N) is 1. The molecule has 1 aromatic heterocycles. The Morgan fingerprint density at radius 1 is 1.21 bits per heavy atom. The van der Waals surface area contributed by atoms with Gasteiger partial charge in [-0.1, -0.05) is 6.07 Å². The molecule has 0 saturated carbocycles. The number of ether oxygens (including phenoxy) is 3. The predicted octanol–water partition coefficient (Wildman–Crippen LogP) is 1.90. The van der Waals surface area contributed by atoms with Crippen molar-refractivity contribution in [2.24, 2.45) is 5.73 Å². The Hall–Kier alpha value is -3.40. The van der Waals surface area contributed by atoms with E-state index in [4.69, 9.17) is 24.4 Å². The Morgan fingerprint density at radius 3 is 2.79 bits per heavy atom. The van der Waals surface area contributed by atoms with Crippen molar-refractivity contribution in [1.29, 1.82) is 5.26 Å². The summed E-state index contributed by atoms with van der Waals surface area (Å²) in [4.78, 5) is 12.4. The first-order chi connectivity index (χ1) is 11.6. The number of allylic oxidation sites excluding steroid dienone is 1. The summed E-state index contributed by atoms with van der Waals surface area (Å²) in [6.45, 7) is 1.77. The molecule has 2 aromatic rings. The van der Waals surface area contributed by atoms with Crippen molar-refractivity contribution in [3.8, 4) is 23.3 Å². The second kappa shape index (κ2) is 5.06. The lowest BCUT2D eigenvalue weighted by atomic mass is 9.84. The zero-order chi connectivity index (χ0) is 16.8. The maximum Gasteiger partial charge on any atom is 0.343 e. The molecule has 2 aliphatic rings. The van der Waals surface area contributed by atoms with E-state index in [1.165, 1.54) is 0 Å². The number of fused-ring (bicyclic) bond motifs is 2. The first kappa shape index (κ1) is 14.2. The second-order valence-corrected chi connectivity index (χ2v) is 5.46. The lowest BCUT2D eigenvalue weighted by Gasteiger charge is -2.25. The molecule has 120 valence electrons. The van der Waals surface area contributed by atoms with E-state index in [1.807, 2.05) is 6.07 Å². The van der Waals surface area contributed by atoms with Crippen molar-refractivity contribution in [3.05, 3.63) is 63.0 Å². The fourth-order valence-corrected chi connectivity index (χ4v) is 2.94. The predicted molar refractivity (Wildman–Crippen MR) is 81.6 cm³/mol. The Labute approximate surface area is 136 Å². The average Bonchev–Trinajstić information content (AvgIpc) is 3.00. The largest absolute Gasteiger partial charge is 0.454 e. The van der Waals surface area contributed by atoms with Crippen molar-refractivity contribution >= 4 is 0 Å². The van der Waals surface area contributed by atoms with Gasteiger partial charge >= 0.3 is 5.63 Å². The SMILES string of the molecule is Cc1cc2c(c(=O)o1)[C@H](c1ccc3c(c1)OCO3)C(C#N)=C(N)O2. The number of hydrogen-bond acceptors (Lipinski definition) is 7. The molecule has 4 rings (SSSR count). The quantitative estimate of drug-likeness (QED) is 0.853. The number of hydrogen-bond donors (Lipinski definition) is 1. The van der Waals surface area contributed by atoms with Crippen LogP contribution in [0.2, 0.25) is 0 Å². The molecule has 1 atom stereocenters. The highest BCUT2D eigenvalue weighted by Crippen LogP contribution is 2.43. The Bertz CT molecular complexity index is 983. The number of benzene rings is 1. The van der Waals surface area contributed by atoms with Gasteiger partial charge in [-0.25, -0.2) is 4.79 Å². The van der Waals surface area contributed by atoms with E-state index in [-0.39, 0.29) is 23.8 Å². The molecule has 24 heavy (non-hydrogen) atoms. The van der Waals surface area contributed by atoms with E-state index in [2.05, 4.69) is 0 Å². The molecule has 7 nitrogen and oxygen atoms in total. The molecule has 0 bridgehead atoms. The second-order valence-electron chi connectivity index (χ2n) is 5.46. The van der Waals surface area contributed by atoms with E-state index in [0.717, 1.165) is 0 Å². The third kappa shape index (κ3) is 2.01. The minimum Gasteiger partial charge on any atom is -0.454 e. The minimum atomic E-state index is -0.690. The molecule has 2 N–H and O–H groups in total. The number of nitriles is 1.